The second kappa shape index (κ2) is 8.40. The fourth-order valence-electron chi connectivity index (χ4n) is 1.78. The number of rotatable bonds is 8. The summed E-state index contributed by atoms with van der Waals surface area (Å²) in [6, 6.07) is 4.02. The highest BCUT2D eigenvalue weighted by molar-refractivity contribution is 9.10. The summed E-state index contributed by atoms with van der Waals surface area (Å²) < 4.78 is 12.1. The molecule has 0 spiro atoms. The second-order valence-electron chi connectivity index (χ2n) is 4.65. The van der Waals surface area contributed by atoms with Crippen LogP contribution >= 0.6 is 15.9 Å². The Morgan fingerprint density at radius 3 is 2.63 bits per heavy atom. The molecule has 1 aromatic rings. The average Bonchev–Trinajstić information content (AvgIpc) is 2.36. The molecule has 0 aliphatic rings. The number of nitrogens with two attached hydrogens (primary N) is 1. The van der Waals surface area contributed by atoms with E-state index in [9.17, 15) is 0 Å². The summed E-state index contributed by atoms with van der Waals surface area (Å²) in [7, 11) is 5.76. The normalized spacial score (nSPS) is 10.8. The Kier molecular flexibility index (Phi) is 7.20. The van der Waals surface area contributed by atoms with Gasteiger partial charge in [0.15, 0.2) is 11.5 Å². The Balaban J connectivity index is 2.70. The standard InChI is InChI=1S/C14H23BrN2O2/c1-17(2)7-4-8-19-14-12(15)9-11(5-6-16)10-13(14)18-3/h9-10H,4-8,16H2,1-3H3. The Hall–Kier alpha value is -0.780. The highest BCUT2D eigenvalue weighted by Gasteiger charge is 2.11. The van der Waals surface area contributed by atoms with Crippen LogP contribution in [0.2, 0.25) is 0 Å². The number of benzene rings is 1. The summed E-state index contributed by atoms with van der Waals surface area (Å²) in [5.74, 6) is 1.52. The highest BCUT2D eigenvalue weighted by atomic mass is 79.9. The molecule has 0 radical (unpaired) electrons. The van der Waals surface area contributed by atoms with E-state index in [0.717, 1.165) is 40.9 Å². The molecule has 0 amide bonds. The van der Waals surface area contributed by atoms with Crippen molar-refractivity contribution in [3.63, 3.8) is 0 Å². The maximum atomic E-state index is 5.81. The maximum absolute atomic E-state index is 5.81. The van der Waals surface area contributed by atoms with Crippen molar-refractivity contribution in [1.29, 1.82) is 0 Å². The minimum atomic E-state index is 0.624. The van der Waals surface area contributed by atoms with Gasteiger partial charge in [-0.2, -0.15) is 0 Å². The third-order valence-electron chi connectivity index (χ3n) is 2.72. The fraction of sp³-hybridized carbons (Fsp3) is 0.571. The van der Waals surface area contributed by atoms with Gasteiger partial charge in [-0.3, -0.25) is 0 Å². The summed E-state index contributed by atoms with van der Waals surface area (Å²) in [4.78, 5) is 2.14. The lowest BCUT2D eigenvalue weighted by Gasteiger charge is -2.15. The van der Waals surface area contributed by atoms with Gasteiger partial charge in [0.05, 0.1) is 18.2 Å². The molecule has 0 unspecified atom stereocenters. The first-order valence-corrected chi connectivity index (χ1v) is 7.21. The number of hydrogen-bond donors (Lipinski definition) is 1. The number of ether oxygens (including phenoxy) is 2. The fourth-order valence-corrected chi connectivity index (χ4v) is 2.38. The van der Waals surface area contributed by atoms with Crippen LogP contribution < -0.4 is 15.2 Å². The smallest absolute Gasteiger partial charge is 0.175 e. The zero-order valence-electron chi connectivity index (χ0n) is 11.9. The van der Waals surface area contributed by atoms with Crippen molar-refractivity contribution in [3.05, 3.63) is 22.2 Å². The number of nitrogens with zero attached hydrogens (tertiary/aromatic N) is 1. The zero-order chi connectivity index (χ0) is 14.3. The first-order valence-electron chi connectivity index (χ1n) is 6.42. The van der Waals surface area contributed by atoms with E-state index in [4.69, 9.17) is 15.2 Å². The number of halogens is 1. The zero-order valence-corrected chi connectivity index (χ0v) is 13.5. The monoisotopic (exact) mass is 330 g/mol. The van der Waals surface area contributed by atoms with Crippen LogP contribution in [0.3, 0.4) is 0 Å². The van der Waals surface area contributed by atoms with Gasteiger partial charge in [-0.05, 0) is 67.1 Å². The molecular formula is C14H23BrN2O2. The van der Waals surface area contributed by atoms with Gasteiger partial charge in [0.2, 0.25) is 0 Å². The van der Waals surface area contributed by atoms with Gasteiger partial charge in [0.1, 0.15) is 0 Å². The van der Waals surface area contributed by atoms with Crippen LogP contribution in [0.5, 0.6) is 11.5 Å². The van der Waals surface area contributed by atoms with Crippen molar-refractivity contribution in [3.8, 4) is 11.5 Å². The summed E-state index contributed by atoms with van der Waals surface area (Å²) in [6.07, 6.45) is 1.81. The molecule has 0 fully saturated rings. The molecule has 0 aliphatic heterocycles. The summed E-state index contributed by atoms with van der Waals surface area (Å²) in [6.45, 7) is 2.30. The minimum Gasteiger partial charge on any atom is -0.493 e. The van der Waals surface area contributed by atoms with Crippen LogP contribution in [-0.2, 0) is 6.42 Å². The molecule has 5 heteroatoms. The lowest BCUT2D eigenvalue weighted by atomic mass is 10.1. The third-order valence-corrected chi connectivity index (χ3v) is 3.31. The molecule has 0 aliphatic carbocycles. The predicted molar refractivity (Wildman–Crippen MR) is 82.1 cm³/mol. The molecule has 0 saturated heterocycles. The van der Waals surface area contributed by atoms with Crippen LogP contribution in [-0.4, -0.2) is 45.8 Å². The Morgan fingerprint density at radius 2 is 2.05 bits per heavy atom. The number of methoxy groups -OCH3 is 1. The maximum Gasteiger partial charge on any atom is 0.175 e. The van der Waals surface area contributed by atoms with Gasteiger partial charge in [-0.25, -0.2) is 0 Å². The quantitative estimate of drug-likeness (QED) is 0.743. The molecule has 1 rings (SSSR count). The van der Waals surface area contributed by atoms with Crippen molar-refractivity contribution in [2.45, 2.75) is 12.8 Å². The van der Waals surface area contributed by atoms with E-state index < -0.39 is 0 Å². The van der Waals surface area contributed by atoms with Crippen molar-refractivity contribution < 1.29 is 9.47 Å². The first-order chi connectivity index (χ1) is 9.08. The predicted octanol–water partition coefficient (Wildman–Crippen LogP) is 2.29. The molecule has 2 N–H and O–H groups in total. The van der Waals surface area contributed by atoms with E-state index in [-0.39, 0.29) is 0 Å². The van der Waals surface area contributed by atoms with Crippen LogP contribution in [0.1, 0.15) is 12.0 Å². The SMILES string of the molecule is COc1cc(CCN)cc(Br)c1OCCCN(C)C. The third kappa shape index (κ3) is 5.38. The van der Waals surface area contributed by atoms with Gasteiger partial charge in [-0.1, -0.05) is 0 Å². The van der Waals surface area contributed by atoms with Crippen LogP contribution in [0.4, 0.5) is 0 Å². The molecule has 0 heterocycles. The van der Waals surface area contributed by atoms with Gasteiger partial charge in [0, 0.05) is 6.54 Å². The lowest BCUT2D eigenvalue weighted by Crippen LogP contribution is -2.15. The van der Waals surface area contributed by atoms with Gasteiger partial charge in [0.25, 0.3) is 0 Å². The van der Waals surface area contributed by atoms with E-state index in [1.807, 2.05) is 12.1 Å². The molecule has 0 atom stereocenters. The molecular weight excluding hydrogens is 308 g/mol. The Morgan fingerprint density at radius 1 is 1.32 bits per heavy atom. The van der Waals surface area contributed by atoms with Gasteiger partial charge < -0.3 is 20.1 Å². The van der Waals surface area contributed by atoms with E-state index in [1.54, 1.807) is 7.11 Å². The van der Waals surface area contributed by atoms with E-state index in [2.05, 4.69) is 34.9 Å². The summed E-state index contributed by atoms with van der Waals surface area (Å²) in [5.41, 5.74) is 6.72. The Bertz CT molecular complexity index is 397. The van der Waals surface area contributed by atoms with Gasteiger partial charge >= 0.3 is 0 Å². The van der Waals surface area contributed by atoms with Crippen molar-refractivity contribution in [2.24, 2.45) is 5.73 Å². The molecule has 4 nitrogen and oxygen atoms in total. The molecule has 19 heavy (non-hydrogen) atoms. The van der Waals surface area contributed by atoms with Crippen LogP contribution in [0, 0.1) is 0 Å². The second-order valence-corrected chi connectivity index (χ2v) is 5.51. The summed E-state index contributed by atoms with van der Waals surface area (Å²) in [5, 5.41) is 0. The first kappa shape index (κ1) is 16.3. The van der Waals surface area contributed by atoms with Crippen molar-refractivity contribution in [2.75, 3.05) is 40.9 Å². The van der Waals surface area contributed by atoms with Gasteiger partial charge in [-0.15, -0.1) is 0 Å². The average molecular weight is 331 g/mol. The molecule has 108 valence electrons. The summed E-state index contributed by atoms with van der Waals surface area (Å²) >= 11 is 3.53. The highest BCUT2D eigenvalue weighted by Crippen LogP contribution is 2.36. The van der Waals surface area contributed by atoms with E-state index in [0.29, 0.717) is 13.2 Å². The molecule has 0 saturated carbocycles. The molecule has 0 bridgehead atoms. The van der Waals surface area contributed by atoms with Crippen LogP contribution in [0.15, 0.2) is 16.6 Å². The van der Waals surface area contributed by atoms with Crippen molar-refractivity contribution >= 4 is 15.9 Å². The topological polar surface area (TPSA) is 47.7 Å². The largest absolute Gasteiger partial charge is 0.493 e. The molecule has 0 aromatic heterocycles. The lowest BCUT2D eigenvalue weighted by molar-refractivity contribution is 0.266. The number of hydrogen-bond acceptors (Lipinski definition) is 4. The van der Waals surface area contributed by atoms with Crippen LogP contribution in [0.25, 0.3) is 0 Å². The van der Waals surface area contributed by atoms with E-state index in [1.165, 1.54) is 0 Å². The molecule has 1 aromatic carbocycles. The Labute approximate surface area is 124 Å². The van der Waals surface area contributed by atoms with Crippen molar-refractivity contribution in [1.82, 2.24) is 4.90 Å². The van der Waals surface area contributed by atoms with E-state index >= 15 is 0 Å². The minimum absolute atomic E-state index is 0.624.